The van der Waals surface area contributed by atoms with Crippen molar-refractivity contribution in [2.45, 2.75) is 26.3 Å². The molecule has 9 nitrogen and oxygen atoms in total. The third-order valence-electron chi connectivity index (χ3n) is 4.18. The first-order valence-electron chi connectivity index (χ1n) is 8.76. The summed E-state index contributed by atoms with van der Waals surface area (Å²) in [4.78, 5) is 44.6. The molecule has 0 atom stereocenters. The molecule has 1 aromatic carbocycles. The summed E-state index contributed by atoms with van der Waals surface area (Å²) in [7, 11) is 1.74. The van der Waals surface area contributed by atoms with Crippen LogP contribution in [0, 0.1) is 0 Å². The zero-order valence-corrected chi connectivity index (χ0v) is 17.2. The van der Waals surface area contributed by atoms with E-state index in [1.54, 1.807) is 33.9 Å². The molecule has 152 valence electrons. The van der Waals surface area contributed by atoms with Crippen LogP contribution in [0.15, 0.2) is 35.3 Å². The summed E-state index contributed by atoms with van der Waals surface area (Å²) in [6, 6.07) is 6.95. The molecule has 0 bridgehead atoms. The third-order valence-corrected chi connectivity index (χ3v) is 5.08. The summed E-state index contributed by atoms with van der Waals surface area (Å²) >= 11 is 1.01. The second-order valence-electron chi connectivity index (χ2n) is 7.28. The lowest BCUT2D eigenvalue weighted by Crippen LogP contribution is -2.45. The number of H-pyrrole nitrogens is 1. The van der Waals surface area contributed by atoms with Crippen LogP contribution in [0.1, 0.15) is 31.1 Å². The minimum atomic E-state index is -1.14. The molecule has 10 heteroatoms. The summed E-state index contributed by atoms with van der Waals surface area (Å²) < 4.78 is 0. The number of nitrogens with one attached hydrogen (secondary N) is 3. The monoisotopic (exact) mass is 415 g/mol. The predicted octanol–water partition coefficient (Wildman–Crippen LogP) is 3.56. The van der Waals surface area contributed by atoms with Gasteiger partial charge in [-0.15, -0.1) is 0 Å². The van der Waals surface area contributed by atoms with Crippen LogP contribution < -0.4 is 21.1 Å². The molecule has 3 rings (SSSR count). The van der Waals surface area contributed by atoms with Gasteiger partial charge >= 0.3 is 6.09 Å². The van der Waals surface area contributed by atoms with Gasteiger partial charge in [0.15, 0.2) is 5.13 Å². The maximum atomic E-state index is 12.6. The SMILES string of the molecule is CNc1cccc2cc(C(=O)Nc3cnc(N(C(=O)O)C(C)(C)C)s3)c(=O)[nH]c12. The number of hydrogen-bond acceptors (Lipinski definition) is 6. The number of carbonyl (C=O) groups is 2. The fourth-order valence-corrected chi connectivity index (χ4v) is 3.86. The highest BCUT2D eigenvalue weighted by atomic mass is 32.1. The number of aromatic nitrogens is 2. The number of thiazole rings is 1. The Labute approximate surface area is 170 Å². The molecule has 0 radical (unpaired) electrons. The number of hydrogen-bond donors (Lipinski definition) is 4. The Kier molecular flexibility index (Phi) is 5.29. The van der Waals surface area contributed by atoms with Crippen LogP contribution in [0.2, 0.25) is 0 Å². The van der Waals surface area contributed by atoms with Gasteiger partial charge in [-0.1, -0.05) is 23.5 Å². The fourth-order valence-electron chi connectivity index (χ4n) is 2.87. The Balaban J connectivity index is 1.90. The van der Waals surface area contributed by atoms with Gasteiger partial charge in [-0.05, 0) is 32.9 Å². The topological polar surface area (TPSA) is 127 Å². The zero-order chi connectivity index (χ0) is 21.3. The molecule has 0 aliphatic rings. The van der Waals surface area contributed by atoms with Crippen LogP contribution in [0.25, 0.3) is 10.9 Å². The van der Waals surface area contributed by atoms with Gasteiger partial charge in [-0.25, -0.2) is 14.7 Å². The molecule has 3 aromatic rings. The van der Waals surface area contributed by atoms with E-state index in [1.165, 1.54) is 12.3 Å². The Morgan fingerprint density at radius 2 is 2.00 bits per heavy atom. The number of fused-ring (bicyclic) bond motifs is 1. The highest BCUT2D eigenvalue weighted by Gasteiger charge is 2.30. The van der Waals surface area contributed by atoms with Crippen molar-refractivity contribution < 1.29 is 14.7 Å². The number of anilines is 3. The van der Waals surface area contributed by atoms with Crippen molar-refractivity contribution in [2.75, 3.05) is 22.6 Å². The average molecular weight is 415 g/mol. The normalized spacial score (nSPS) is 11.3. The van der Waals surface area contributed by atoms with Crippen molar-refractivity contribution in [1.29, 1.82) is 0 Å². The van der Waals surface area contributed by atoms with Crippen molar-refractivity contribution in [3.63, 3.8) is 0 Å². The van der Waals surface area contributed by atoms with E-state index >= 15 is 0 Å². The average Bonchev–Trinajstić information content (AvgIpc) is 3.06. The molecular formula is C19H21N5O4S. The number of nitrogens with zero attached hydrogens (tertiary/aromatic N) is 2. The van der Waals surface area contributed by atoms with Crippen LogP contribution in [-0.4, -0.2) is 39.7 Å². The van der Waals surface area contributed by atoms with Crippen LogP contribution in [0.5, 0.6) is 0 Å². The second-order valence-corrected chi connectivity index (χ2v) is 8.29. The Bertz CT molecular complexity index is 1150. The van der Waals surface area contributed by atoms with Gasteiger partial charge in [0.25, 0.3) is 11.5 Å². The maximum Gasteiger partial charge on any atom is 0.414 e. The van der Waals surface area contributed by atoms with Gasteiger partial charge in [0, 0.05) is 18.0 Å². The molecule has 2 heterocycles. The number of pyridine rings is 1. The highest BCUT2D eigenvalue weighted by Crippen LogP contribution is 2.31. The largest absolute Gasteiger partial charge is 0.465 e. The molecule has 0 unspecified atom stereocenters. The summed E-state index contributed by atoms with van der Waals surface area (Å²) in [6.45, 7) is 5.23. The predicted molar refractivity (Wildman–Crippen MR) is 114 cm³/mol. The number of amides is 2. The summed E-state index contributed by atoms with van der Waals surface area (Å²) in [5.41, 5.74) is 0.0790. The first kappa shape index (κ1) is 20.3. The lowest BCUT2D eigenvalue weighted by atomic mass is 10.1. The van der Waals surface area contributed by atoms with E-state index in [-0.39, 0.29) is 10.7 Å². The summed E-state index contributed by atoms with van der Waals surface area (Å²) in [5, 5.41) is 16.3. The van der Waals surface area contributed by atoms with Gasteiger partial charge < -0.3 is 20.7 Å². The quantitative estimate of drug-likeness (QED) is 0.516. The molecule has 2 aromatic heterocycles. The number of aromatic amines is 1. The fraction of sp³-hybridized carbons (Fsp3) is 0.263. The van der Waals surface area contributed by atoms with E-state index in [0.717, 1.165) is 21.9 Å². The van der Waals surface area contributed by atoms with Crippen molar-refractivity contribution in [3.8, 4) is 0 Å². The Hall–Kier alpha value is -3.40. The molecule has 0 aliphatic carbocycles. The zero-order valence-electron chi connectivity index (χ0n) is 16.4. The van der Waals surface area contributed by atoms with Gasteiger partial charge in [-0.3, -0.25) is 9.59 Å². The van der Waals surface area contributed by atoms with E-state index in [4.69, 9.17) is 0 Å². The van der Waals surface area contributed by atoms with E-state index < -0.39 is 23.1 Å². The number of rotatable bonds is 4. The molecule has 0 aliphatic heterocycles. The number of carbonyl (C=O) groups excluding carboxylic acids is 1. The van der Waals surface area contributed by atoms with Crippen LogP contribution in [0.3, 0.4) is 0 Å². The smallest absolute Gasteiger partial charge is 0.414 e. The Morgan fingerprint density at radius 1 is 1.28 bits per heavy atom. The maximum absolute atomic E-state index is 12.6. The van der Waals surface area contributed by atoms with Crippen molar-refractivity contribution in [1.82, 2.24) is 9.97 Å². The van der Waals surface area contributed by atoms with Crippen molar-refractivity contribution in [3.05, 3.63) is 46.4 Å². The van der Waals surface area contributed by atoms with E-state index in [9.17, 15) is 19.5 Å². The van der Waals surface area contributed by atoms with E-state index in [1.807, 2.05) is 12.1 Å². The summed E-state index contributed by atoms with van der Waals surface area (Å²) in [5.74, 6) is -0.601. The molecule has 0 spiro atoms. The van der Waals surface area contributed by atoms with E-state index in [0.29, 0.717) is 15.9 Å². The van der Waals surface area contributed by atoms with Gasteiger partial charge in [0.05, 0.1) is 17.4 Å². The first-order chi connectivity index (χ1) is 13.6. The number of benzene rings is 1. The molecule has 0 saturated carbocycles. The van der Waals surface area contributed by atoms with Crippen molar-refractivity contribution in [2.24, 2.45) is 0 Å². The standard InChI is InChI=1S/C19H21N5O4S/c1-19(2,3)24(18(27)28)17-21-9-13(29-17)22-15(25)11-8-10-6-5-7-12(20-4)14(10)23-16(11)26/h5-9,20H,1-4H3,(H,22,25)(H,23,26)(H,27,28). The minimum Gasteiger partial charge on any atom is -0.465 e. The number of para-hydroxylation sites is 1. The Morgan fingerprint density at radius 3 is 2.62 bits per heavy atom. The lowest BCUT2D eigenvalue weighted by Gasteiger charge is -2.30. The first-order valence-corrected chi connectivity index (χ1v) is 9.57. The highest BCUT2D eigenvalue weighted by molar-refractivity contribution is 7.19. The lowest BCUT2D eigenvalue weighted by molar-refractivity contribution is 0.102. The van der Waals surface area contributed by atoms with Crippen LogP contribution in [-0.2, 0) is 0 Å². The minimum absolute atomic E-state index is 0.0494. The molecule has 0 fully saturated rings. The molecule has 0 saturated heterocycles. The van der Waals surface area contributed by atoms with E-state index in [2.05, 4.69) is 20.6 Å². The number of carboxylic acid groups (broad SMARTS) is 1. The van der Waals surface area contributed by atoms with Gasteiger partial charge in [0.2, 0.25) is 0 Å². The molecule has 29 heavy (non-hydrogen) atoms. The van der Waals surface area contributed by atoms with Gasteiger partial charge in [-0.2, -0.15) is 0 Å². The summed E-state index contributed by atoms with van der Waals surface area (Å²) in [6.07, 6.45) is 0.226. The second kappa shape index (κ2) is 7.55. The van der Waals surface area contributed by atoms with Gasteiger partial charge in [0.1, 0.15) is 10.6 Å². The molecule has 4 N–H and O–H groups in total. The van der Waals surface area contributed by atoms with Crippen LogP contribution >= 0.6 is 11.3 Å². The third kappa shape index (κ3) is 4.06. The van der Waals surface area contributed by atoms with Crippen LogP contribution in [0.4, 0.5) is 20.6 Å². The molecular weight excluding hydrogens is 394 g/mol. The molecule has 2 amide bonds. The van der Waals surface area contributed by atoms with Crippen molar-refractivity contribution >= 4 is 50.1 Å².